The van der Waals surface area contributed by atoms with E-state index in [2.05, 4.69) is 25.8 Å². The zero-order valence-electron chi connectivity index (χ0n) is 14.6. The van der Waals surface area contributed by atoms with Crippen LogP contribution in [0.25, 0.3) is 0 Å². The van der Waals surface area contributed by atoms with E-state index in [4.69, 9.17) is 0 Å². The third-order valence-electron chi connectivity index (χ3n) is 4.12. The van der Waals surface area contributed by atoms with Gasteiger partial charge in [-0.15, -0.1) is 11.8 Å². The van der Waals surface area contributed by atoms with E-state index in [1.54, 1.807) is 28.9 Å². The molecule has 1 fully saturated rings. The van der Waals surface area contributed by atoms with Crippen LogP contribution < -0.4 is 0 Å². The summed E-state index contributed by atoms with van der Waals surface area (Å²) in [7, 11) is 1.82. The Hall–Kier alpha value is -1.07. The molecule has 2 unspecified atom stereocenters. The summed E-state index contributed by atoms with van der Waals surface area (Å²) in [4.78, 5) is 18.7. The maximum absolute atomic E-state index is 12.7. The molecule has 1 aromatic heterocycles. The molecule has 23 heavy (non-hydrogen) atoms. The molecule has 5 heteroatoms. The summed E-state index contributed by atoms with van der Waals surface area (Å²) in [6, 6.07) is 3.63. The maximum atomic E-state index is 12.7. The summed E-state index contributed by atoms with van der Waals surface area (Å²) < 4.78 is 0.0623. The first-order chi connectivity index (χ1) is 10.8. The van der Waals surface area contributed by atoms with Gasteiger partial charge in [0.1, 0.15) is 0 Å². The molecule has 1 aliphatic carbocycles. The highest BCUT2D eigenvalue weighted by atomic mass is 32.2. The highest BCUT2D eigenvalue weighted by molar-refractivity contribution is 8.00. The second-order valence-corrected chi connectivity index (χ2v) is 9.24. The molecule has 1 amide bonds. The van der Waals surface area contributed by atoms with E-state index < -0.39 is 0 Å². The summed E-state index contributed by atoms with van der Waals surface area (Å²) in [5.74, 6) is 0.198. The third-order valence-corrected chi connectivity index (χ3v) is 5.16. The number of aromatic nitrogens is 1. The van der Waals surface area contributed by atoms with Crippen molar-refractivity contribution in [2.45, 2.75) is 62.3 Å². The smallest absolute Gasteiger partial charge is 0.253 e. The lowest BCUT2D eigenvalue weighted by Crippen LogP contribution is -2.38. The van der Waals surface area contributed by atoms with E-state index in [1.165, 1.54) is 0 Å². The fraction of sp³-hybridized carbons (Fsp3) is 0.667. The highest BCUT2D eigenvalue weighted by Gasteiger charge is 2.26. The van der Waals surface area contributed by atoms with Crippen LogP contribution in [0.2, 0.25) is 0 Å². The first-order valence-corrected chi connectivity index (χ1v) is 9.16. The van der Waals surface area contributed by atoms with Crippen molar-refractivity contribution >= 4 is 17.7 Å². The molecule has 0 radical (unpaired) electrons. The lowest BCUT2D eigenvalue weighted by Gasteiger charge is -2.31. The van der Waals surface area contributed by atoms with Gasteiger partial charge in [0.05, 0.1) is 11.1 Å². The molecule has 2 atom stereocenters. The number of pyridine rings is 1. The summed E-state index contributed by atoms with van der Waals surface area (Å²) in [5, 5.41) is 11.0. The highest BCUT2D eigenvalue weighted by Crippen LogP contribution is 2.31. The van der Waals surface area contributed by atoms with Crippen LogP contribution in [0.4, 0.5) is 0 Å². The topological polar surface area (TPSA) is 53.4 Å². The Morgan fingerprint density at radius 3 is 2.74 bits per heavy atom. The van der Waals surface area contributed by atoms with E-state index in [9.17, 15) is 9.90 Å². The van der Waals surface area contributed by atoms with Gasteiger partial charge < -0.3 is 10.0 Å². The number of hydrogen-bond acceptors (Lipinski definition) is 4. The first-order valence-electron chi connectivity index (χ1n) is 8.35. The molecule has 0 saturated heterocycles. The minimum Gasteiger partial charge on any atom is -0.393 e. The first kappa shape index (κ1) is 18.3. The van der Waals surface area contributed by atoms with E-state index in [0.717, 1.165) is 30.7 Å². The standard InChI is InChI=1S/C18H28N2O2S/c1-18(2,3)23-16-11-13(9-10-19-16)17(22)20(4)12-14-7-5-6-8-15(14)21/h9-11,14-15,21H,5-8,12H2,1-4H3. The second kappa shape index (κ2) is 7.67. The maximum Gasteiger partial charge on any atom is 0.253 e. The predicted octanol–water partition coefficient (Wildman–Crippen LogP) is 3.60. The van der Waals surface area contributed by atoms with Gasteiger partial charge in [0.2, 0.25) is 0 Å². The largest absolute Gasteiger partial charge is 0.393 e. The Morgan fingerprint density at radius 1 is 1.39 bits per heavy atom. The van der Waals surface area contributed by atoms with E-state index >= 15 is 0 Å². The third kappa shape index (κ3) is 5.50. The molecular formula is C18H28N2O2S. The van der Waals surface area contributed by atoms with Gasteiger partial charge >= 0.3 is 0 Å². The van der Waals surface area contributed by atoms with Crippen LogP contribution in [-0.4, -0.2) is 45.3 Å². The molecule has 0 aliphatic heterocycles. The molecule has 128 valence electrons. The molecule has 0 spiro atoms. The van der Waals surface area contributed by atoms with Crippen molar-refractivity contribution in [3.05, 3.63) is 23.9 Å². The van der Waals surface area contributed by atoms with Crippen LogP contribution >= 0.6 is 11.8 Å². The average molecular weight is 337 g/mol. The number of hydrogen-bond donors (Lipinski definition) is 1. The molecule has 1 saturated carbocycles. The minimum absolute atomic E-state index is 0.000864. The Labute approximate surface area is 143 Å². The van der Waals surface area contributed by atoms with Gasteiger partial charge in [-0.3, -0.25) is 4.79 Å². The van der Waals surface area contributed by atoms with Gasteiger partial charge in [0, 0.05) is 36.0 Å². The van der Waals surface area contributed by atoms with Crippen LogP contribution in [0.15, 0.2) is 23.4 Å². The van der Waals surface area contributed by atoms with E-state index in [-0.39, 0.29) is 22.7 Å². The molecule has 0 bridgehead atoms. The van der Waals surface area contributed by atoms with E-state index in [0.29, 0.717) is 12.1 Å². The van der Waals surface area contributed by atoms with Crippen LogP contribution in [0.5, 0.6) is 0 Å². The van der Waals surface area contributed by atoms with Gasteiger partial charge in [0.15, 0.2) is 0 Å². The van der Waals surface area contributed by atoms with Crippen molar-refractivity contribution < 1.29 is 9.90 Å². The van der Waals surface area contributed by atoms with Gasteiger partial charge in [-0.2, -0.15) is 0 Å². The summed E-state index contributed by atoms with van der Waals surface area (Å²) in [6.45, 7) is 7.00. The molecule has 2 rings (SSSR count). The van der Waals surface area contributed by atoms with Crippen LogP contribution in [0.3, 0.4) is 0 Å². The molecule has 1 N–H and O–H groups in total. The van der Waals surface area contributed by atoms with E-state index in [1.807, 2.05) is 13.1 Å². The van der Waals surface area contributed by atoms with Gasteiger partial charge in [-0.25, -0.2) is 4.98 Å². The summed E-state index contributed by atoms with van der Waals surface area (Å²) in [6.07, 6.45) is 5.51. The van der Waals surface area contributed by atoms with Crippen molar-refractivity contribution in [1.29, 1.82) is 0 Å². The number of amides is 1. The molecular weight excluding hydrogens is 308 g/mol. The molecule has 1 heterocycles. The number of rotatable bonds is 4. The molecule has 1 aliphatic rings. The average Bonchev–Trinajstić information content (AvgIpc) is 2.47. The molecule has 0 aromatic carbocycles. The van der Waals surface area contributed by atoms with Crippen molar-refractivity contribution in [1.82, 2.24) is 9.88 Å². The van der Waals surface area contributed by atoms with Gasteiger partial charge in [0.25, 0.3) is 5.91 Å². The zero-order chi connectivity index (χ0) is 17.0. The fourth-order valence-corrected chi connectivity index (χ4v) is 3.89. The number of aliphatic hydroxyl groups excluding tert-OH is 1. The van der Waals surface area contributed by atoms with Gasteiger partial charge in [-0.1, -0.05) is 33.6 Å². The lowest BCUT2D eigenvalue weighted by molar-refractivity contribution is 0.0451. The monoisotopic (exact) mass is 336 g/mol. The van der Waals surface area contributed by atoms with Crippen molar-refractivity contribution in [3.8, 4) is 0 Å². The zero-order valence-corrected chi connectivity index (χ0v) is 15.4. The molecule has 1 aromatic rings. The Balaban J connectivity index is 2.02. The Morgan fingerprint density at radius 2 is 2.09 bits per heavy atom. The second-order valence-electron chi connectivity index (χ2n) is 7.39. The lowest BCUT2D eigenvalue weighted by atomic mass is 9.86. The number of nitrogens with zero attached hydrogens (tertiary/aromatic N) is 2. The summed E-state index contributed by atoms with van der Waals surface area (Å²) in [5.41, 5.74) is 0.666. The Kier molecular flexibility index (Phi) is 6.09. The number of carbonyl (C=O) groups is 1. The minimum atomic E-state index is -0.275. The SMILES string of the molecule is CN(CC1CCCCC1O)C(=O)c1ccnc(SC(C)(C)C)c1. The predicted molar refractivity (Wildman–Crippen MR) is 94.8 cm³/mol. The number of aliphatic hydroxyl groups is 1. The van der Waals surface area contributed by atoms with Crippen molar-refractivity contribution in [2.75, 3.05) is 13.6 Å². The van der Waals surface area contributed by atoms with Crippen LogP contribution in [-0.2, 0) is 0 Å². The van der Waals surface area contributed by atoms with Crippen LogP contribution in [0, 0.1) is 5.92 Å². The van der Waals surface area contributed by atoms with Crippen molar-refractivity contribution in [3.63, 3.8) is 0 Å². The summed E-state index contributed by atoms with van der Waals surface area (Å²) >= 11 is 1.66. The Bertz CT molecular complexity index is 542. The quantitative estimate of drug-likeness (QED) is 0.854. The molecule has 4 nitrogen and oxygen atoms in total. The normalized spacial score (nSPS) is 22.0. The fourth-order valence-electron chi connectivity index (χ4n) is 2.97. The van der Waals surface area contributed by atoms with Gasteiger partial charge in [-0.05, 0) is 25.0 Å². The number of carbonyl (C=O) groups excluding carboxylic acids is 1. The number of thioether (sulfide) groups is 1. The van der Waals surface area contributed by atoms with Crippen molar-refractivity contribution in [2.24, 2.45) is 5.92 Å². The van der Waals surface area contributed by atoms with Crippen LogP contribution in [0.1, 0.15) is 56.8 Å².